The molecular formula is C14H20F3N3O. The number of H-pyrrole nitrogens is 1. The van der Waals surface area contributed by atoms with Crippen molar-refractivity contribution in [1.82, 2.24) is 14.9 Å². The van der Waals surface area contributed by atoms with Crippen LogP contribution in [-0.2, 0) is 12.8 Å². The highest BCUT2D eigenvalue weighted by molar-refractivity contribution is 5.19. The molecule has 0 radical (unpaired) electrons. The third-order valence-corrected chi connectivity index (χ3v) is 4.44. The van der Waals surface area contributed by atoms with E-state index in [0.29, 0.717) is 6.54 Å². The van der Waals surface area contributed by atoms with E-state index in [-0.39, 0.29) is 12.6 Å². The summed E-state index contributed by atoms with van der Waals surface area (Å²) < 4.78 is 37.6. The van der Waals surface area contributed by atoms with Crippen molar-refractivity contribution in [2.45, 2.75) is 56.8 Å². The number of aromatic nitrogens is 2. The number of aryl methyl sites for hydroxylation is 2. The summed E-state index contributed by atoms with van der Waals surface area (Å²) in [6, 6.07) is -0.132. The van der Waals surface area contributed by atoms with Crippen molar-refractivity contribution in [3.05, 3.63) is 17.2 Å². The molecule has 2 heterocycles. The quantitative estimate of drug-likeness (QED) is 0.901. The molecule has 1 aliphatic heterocycles. The van der Waals surface area contributed by atoms with Gasteiger partial charge in [0.15, 0.2) is 6.10 Å². The van der Waals surface area contributed by atoms with Crippen molar-refractivity contribution in [2.75, 3.05) is 13.1 Å². The van der Waals surface area contributed by atoms with Gasteiger partial charge in [-0.2, -0.15) is 13.2 Å². The number of nitrogens with one attached hydrogen (secondary N) is 1. The number of rotatable bonds is 3. The lowest BCUT2D eigenvalue weighted by Crippen LogP contribution is -2.40. The smallest absolute Gasteiger partial charge is 0.382 e. The minimum absolute atomic E-state index is 0.132. The molecule has 1 aromatic heterocycles. The largest absolute Gasteiger partial charge is 0.415 e. The third-order valence-electron chi connectivity index (χ3n) is 4.44. The number of halogens is 3. The molecule has 0 bridgehead atoms. The molecule has 0 spiro atoms. The van der Waals surface area contributed by atoms with E-state index in [0.717, 1.165) is 55.7 Å². The Bertz CT molecular complexity index is 477. The van der Waals surface area contributed by atoms with Gasteiger partial charge < -0.3 is 10.1 Å². The first-order chi connectivity index (χ1) is 9.95. The van der Waals surface area contributed by atoms with Gasteiger partial charge >= 0.3 is 6.18 Å². The number of imidazole rings is 1. The van der Waals surface area contributed by atoms with Crippen LogP contribution < -0.4 is 0 Å². The van der Waals surface area contributed by atoms with E-state index in [4.69, 9.17) is 0 Å². The molecule has 118 valence electrons. The Balaban J connectivity index is 1.73. The van der Waals surface area contributed by atoms with Crippen LogP contribution in [0.2, 0.25) is 0 Å². The van der Waals surface area contributed by atoms with Crippen LogP contribution in [0, 0.1) is 0 Å². The molecule has 1 aliphatic carbocycles. The van der Waals surface area contributed by atoms with Gasteiger partial charge in [-0.05, 0) is 45.1 Å². The maximum atomic E-state index is 12.5. The standard InChI is InChI=1S/C14H20F3N3O/c15-14(16,17)12(21)8-20-7-3-6-11(20)13-18-9-4-1-2-5-10(9)19-13/h11-12,21H,1-8H2,(H,18,19). The second-order valence-electron chi connectivity index (χ2n) is 5.96. The molecular weight excluding hydrogens is 283 g/mol. The highest BCUT2D eigenvalue weighted by atomic mass is 19.4. The Morgan fingerprint density at radius 3 is 2.76 bits per heavy atom. The van der Waals surface area contributed by atoms with Gasteiger partial charge in [0.1, 0.15) is 5.82 Å². The van der Waals surface area contributed by atoms with Crippen molar-refractivity contribution < 1.29 is 18.3 Å². The SMILES string of the molecule is OC(CN1CCCC1c1nc2c([nH]1)CCCC2)C(F)(F)F. The summed E-state index contributed by atoms with van der Waals surface area (Å²) in [4.78, 5) is 9.59. The number of hydrogen-bond donors (Lipinski definition) is 2. The van der Waals surface area contributed by atoms with Gasteiger partial charge in [0.05, 0.1) is 11.7 Å². The fourth-order valence-corrected chi connectivity index (χ4v) is 3.31. The molecule has 2 aliphatic rings. The molecule has 1 fully saturated rings. The monoisotopic (exact) mass is 303 g/mol. The molecule has 0 amide bonds. The van der Waals surface area contributed by atoms with Crippen molar-refractivity contribution in [1.29, 1.82) is 0 Å². The van der Waals surface area contributed by atoms with Crippen LogP contribution in [0.15, 0.2) is 0 Å². The fourth-order valence-electron chi connectivity index (χ4n) is 3.31. The molecule has 3 rings (SSSR count). The summed E-state index contributed by atoms with van der Waals surface area (Å²) in [6.07, 6.45) is -1.05. The third kappa shape index (κ3) is 3.08. The number of β-amino-alcohol motifs (C(OH)–C–C–N with tert-alkyl or cyclic N) is 1. The summed E-state index contributed by atoms with van der Waals surface area (Å²) >= 11 is 0. The summed E-state index contributed by atoms with van der Waals surface area (Å²) in [7, 11) is 0. The van der Waals surface area contributed by atoms with Gasteiger partial charge in [-0.1, -0.05) is 0 Å². The lowest BCUT2D eigenvalue weighted by molar-refractivity contribution is -0.208. The van der Waals surface area contributed by atoms with Crippen LogP contribution in [0.25, 0.3) is 0 Å². The number of likely N-dealkylation sites (tertiary alicyclic amines) is 1. The number of fused-ring (bicyclic) bond motifs is 1. The summed E-state index contributed by atoms with van der Waals surface area (Å²) in [5.74, 6) is 0.772. The molecule has 0 saturated carbocycles. The zero-order valence-electron chi connectivity index (χ0n) is 11.8. The molecule has 21 heavy (non-hydrogen) atoms. The number of nitrogens with zero attached hydrogens (tertiary/aromatic N) is 2. The first-order valence-corrected chi connectivity index (χ1v) is 7.51. The number of hydrogen-bond acceptors (Lipinski definition) is 3. The van der Waals surface area contributed by atoms with E-state index in [1.807, 2.05) is 0 Å². The molecule has 0 aromatic carbocycles. The van der Waals surface area contributed by atoms with Gasteiger partial charge in [-0.3, -0.25) is 4.90 Å². The Kier molecular flexibility index (Phi) is 3.96. The maximum absolute atomic E-state index is 12.5. The van der Waals surface area contributed by atoms with Gasteiger partial charge in [-0.25, -0.2) is 4.98 Å². The minimum Gasteiger partial charge on any atom is -0.382 e. The average Bonchev–Trinajstić information content (AvgIpc) is 3.02. The molecule has 1 saturated heterocycles. The molecule has 1 aromatic rings. The summed E-state index contributed by atoms with van der Waals surface area (Å²) in [5.41, 5.74) is 2.21. The summed E-state index contributed by atoms with van der Waals surface area (Å²) in [5, 5.41) is 9.28. The van der Waals surface area contributed by atoms with Gasteiger partial charge in [0.2, 0.25) is 0 Å². The first kappa shape index (κ1) is 14.8. The van der Waals surface area contributed by atoms with Crippen LogP contribution in [0.4, 0.5) is 13.2 Å². The molecule has 7 heteroatoms. The number of aliphatic hydroxyl groups is 1. The minimum atomic E-state index is -4.56. The zero-order valence-corrected chi connectivity index (χ0v) is 11.8. The maximum Gasteiger partial charge on any atom is 0.415 e. The first-order valence-electron chi connectivity index (χ1n) is 7.51. The van der Waals surface area contributed by atoms with Crippen LogP contribution in [0.5, 0.6) is 0 Å². The van der Waals surface area contributed by atoms with Crippen molar-refractivity contribution in [3.63, 3.8) is 0 Å². The van der Waals surface area contributed by atoms with Gasteiger partial charge in [0.25, 0.3) is 0 Å². The highest BCUT2D eigenvalue weighted by Gasteiger charge is 2.41. The highest BCUT2D eigenvalue weighted by Crippen LogP contribution is 2.33. The van der Waals surface area contributed by atoms with Gasteiger partial charge in [-0.15, -0.1) is 0 Å². The second-order valence-corrected chi connectivity index (χ2v) is 5.96. The fraction of sp³-hybridized carbons (Fsp3) is 0.786. The number of aliphatic hydroxyl groups excluding tert-OH is 1. The van der Waals surface area contributed by atoms with Crippen molar-refractivity contribution >= 4 is 0 Å². The van der Waals surface area contributed by atoms with E-state index < -0.39 is 12.3 Å². The van der Waals surface area contributed by atoms with E-state index in [2.05, 4.69) is 9.97 Å². The Morgan fingerprint density at radius 1 is 1.29 bits per heavy atom. The zero-order chi connectivity index (χ0) is 15.0. The van der Waals surface area contributed by atoms with Gasteiger partial charge in [0, 0.05) is 12.2 Å². The average molecular weight is 303 g/mol. The topological polar surface area (TPSA) is 52.1 Å². The number of aromatic amines is 1. The van der Waals surface area contributed by atoms with Crippen LogP contribution in [0.1, 0.15) is 48.9 Å². The molecule has 2 atom stereocenters. The van der Waals surface area contributed by atoms with Crippen LogP contribution >= 0.6 is 0 Å². The van der Waals surface area contributed by atoms with Crippen LogP contribution in [-0.4, -0.2) is 45.3 Å². The predicted octanol–water partition coefficient (Wildman–Crippen LogP) is 2.35. The lowest BCUT2D eigenvalue weighted by atomic mass is 10.0. The van der Waals surface area contributed by atoms with E-state index in [1.165, 1.54) is 0 Å². The van der Waals surface area contributed by atoms with Crippen LogP contribution in [0.3, 0.4) is 0 Å². The summed E-state index contributed by atoms with van der Waals surface area (Å²) in [6.45, 7) is 0.197. The molecule has 2 unspecified atom stereocenters. The predicted molar refractivity (Wildman–Crippen MR) is 70.8 cm³/mol. The molecule has 2 N–H and O–H groups in total. The Labute approximate surface area is 121 Å². The normalized spacial score (nSPS) is 25.0. The van der Waals surface area contributed by atoms with Crippen molar-refractivity contribution in [2.24, 2.45) is 0 Å². The Morgan fingerprint density at radius 2 is 2.05 bits per heavy atom. The number of alkyl halides is 3. The van der Waals surface area contributed by atoms with E-state index >= 15 is 0 Å². The molecule has 4 nitrogen and oxygen atoms in total. The van der Waals surface area contributed by atoms with E-state index in [1.54, 1.807) is 4.90 Å². The van der Waals surface area contributed by atoms with Crippen molar-refractivity contribution in [3.8, 4) is 0 Å². The lowest BCUT2D eigenvalue weighted by Gasteiger charge is -2.26. The second kappa shape index (κ2) is 5.61. The van der Waals surface area contributed by atoms with E-state index in [9.17, 15) is 18.3 Å². The Hall–Kier alpha value is -1.08.